The number of aromatic nitrogens is 1. The van der Waals surface area contributed by atoms with Gasteiger partial charge in [0.2, 0.25) is 5.91 Å². The van der Waals surface area contributed by atoms with E-state index in [2.05, 4.69) is 20.8 Å². The third kappa shape index (κ3) is 8.77. The van der Waals surface area contributed by atoms with Crippen LogP contribution in [0.2, 0.25) is 0 Å². The van der Waals surface area contributed by atoms with E-state index in [9.17, 15) is 4.79 Å². The van der Waals surface area contributed by atoms with Crippen molar-refractivity contribution in [1.29, 1.82) is 0 Å². The van der Waals surface area contributed by atoms with E-state index in [0.29, 0.717) is 25.5 Å². The van der Waals surface area contributed by atoms with E-state index in [4.69, 9.17) is 15.3 Å². The number of nitrogens with zero attached hydrogens (tertiary/aromatic N) is 2. The largest absolute Gasteiger partial charge is 0.376 e. The molecule has 2 heterocycles. The van der Waals surface area contributed by atoms with Crippen LogP contribution in [0.15, 0.2) is 29.5 Å². The van der Waals surface area contributed by atoms with Gasteiger partial charge < -0.3 is 15.8 Å². The summed E-state index contributed by atoms with van der Waals surface area (Å²) >= 11 is 0. The third-order valence-corrected chi connectivity index (χ3v) is 4.03. The van der Waals surface area contributed by atoms with Crippen molar-refractivity contribution in [2.24, 2.45) is 10.7 Å². The maximum atomic E-state index is 11.6. The van der Waals surface area contributed by atoms with Gasteiger partial charge in [0, 0.05) is 37.7 Å². The molecule has 1 aliphatic rings. The van der Waals surface area contributed by atoms with Crippen molar-refractivity contribution < 1.29 is 14.4 Å². The number of carbonyl (C=O) groups is 1. The van der Waals surface area contributed by atoms with Crippen molar-refractivity contribution >= 4 is 17.6 Å². The molecule has 26 heavy (non-hydrogen) atoms. The van der Waals surface area contributed by atoms with Gasteiger partial charge in [-0.3, -0.25) is 19.6 Å². The van der Waals surface area contributed by atoms with Crippen molar-refractivity contribution in [3.63, 3.8) is 0 Å². The summed E-state index contributed by atoms with van der Waals surface area (Å²) in [6, 6.07) is 3.66. The summed E-state index contributed by atoms with van der Waals surface area (Å²) in [7, 11) is 0. The standard InChI is InChI=1S/C18H29N5O3/c19-18(22-15-8-11-20-12-9-15)21-10-4-2-1-3-7-17(24)23-26-14-16-6-5-13-25-16/h8-9,11-12,16H,1-7,10,13-14H2,(H,23,24)(H3,19,20,21,22). The number of pyridine rings is 1. The monoisotopic (exact) mass is 363 g/mol. The minimum Gasteiger partial charge on any atom is -0.376 e. The Morgan fingerprint density at radius 2 is 2.12 bits per heavy atom. The lowest BCUT2D eigenvalue weighted by molar-refractivity contribution is -0.136. The predicted octanol–water partition coefficient (Wildman–Crippen LogP) is 1.99. The number of unbranched alkanes of at least 4 members (excludes halogenated alkanes) is 3. The second kappa shape index (κ2) is 12.2. The lowest BCUT2D eigenvalue weighted by Crippen LogP contribution is -2.27. The molecule has 8 nitrogen and oxygen atoms in total. The summed E-state index contributed by atoms with van der Waals surface area (Å²) in [5, 5.41) is 3.01. The Hall–Kier alpha value is -2.19. The quantitative estimate of drug-likeness (QED) is 0.240. The van der Waals surface area contributed by atoms with Crippen LogP contribution in [0, 0.1) is 0 Å². The fourth-order valence-corrected chi connectivity index (χ4v) is 2.62. The molecule has 1 unspecified atom stereocenters. The number of hydroxylamine groups is 1. The highest BCUT2D eigenvalue weighted by Gasteiger charge is 2.15. The topological polar surface area (TPSA) is 111 Å². The molecule has 1 aliphatic heterocycles. The van der Waals surface area contributed by atoms with Gasteiger partial charge in [-0.2, -0.15) is 0 Å². The van der Waals surface area contributed by atoms with Crippen molar-refractivity contribution in [2.75, 3.05) is 25.1 Å². The minimum atomic E-state index is -0.0770. The van der Waals surface area contributed by atoms with Gasteiger partial charge in [-0.15, -0.1) is 0 Å². The van der Waals surface area contributed by atoms with Crippen LogP contribution in [-0.2, 0) is 14.4 Å². The number of guanidine groups is 1. The third-order valence-electron chi connectivity index (χ3n) is 4.03. The molecule has 1 aromatic rings. The van der Waals surface area contributed by atoms with E-state index in [0.717, 1.165) is 50.8 Å². The Labute approximate surface area is 154 Å². The molecule has 0 bridgehead atoms. The molecule has 0 aliphatic carbocycles. The van der Waals surface area contributed by atoms with E-state index >= 15 is 0 Å². The van der Waals surface area contributed by atoms with Crippen LogP contribution in [0.1, 0.15) is 44.9 Å². The summed E-state index contributed by atoms with van der Waals surface area (Å²) in [4.78, 5) is 25.0. The molecule has 1 fully saturated rings. The number of rotatable bonds is 11. The van der Waals surface area contributed by atoms with Gasteiger partial charge in [0.1, 0.15) is 6.61 Å². The highest BCUT2D eigenvalue weighted by Crippen LogP contribution is 2.11. The van der Waals surface area contributed by atoms with Gasteiger partial charge in [-0.1, -0.05) is 12.8 Å². The zero-order chi connectivity index (χ0) is 18.5. The SMILES string of the molecule is NC(=NCCCCCCC(=O)NOCC1CCCO1)Nc1ccncc1. The van der Waals surface area contributed by atoms with Gasteiger partial charge in [0.15, 0.2) is 5.96 Å². The van der Waals surface area contributed by atoms with Crippen LogP contribution in [0.3, 0.4) is 0 Å². The van der Waals surface area contributed by atoms with E-state index in [1.165, 1.54) is 0 Å². The first-order valence-corrected chi connectivity index (χ1v) is 9.23. The molecule has 0 aromatic carbocycles. The Kier molecular flexibility index (Phi) is 9.45. The van der Waals surface area contributed by atoms with Crippen molar-refractivity contribution in [2.45, 2.75) is 51.0 Å². The molecule has 1 amide bonds. The number of anilines is 1. The lowest BCUT2D eigenvalue weighted by Gasteiger charge is -2.10. The predicted molar refractivity (Wildman–Crippen MR) is 101 cm³/mol. The van der Waals surface area contributed by atoms with Crippen molar-refractivity contribution in [3.05, 3.63) is 24.5 Å². The van der Waals surface area contributed by atoms with Crippen LogP contribution >= 0.6 is 0 Å². The smallest absolute Gasteiger partial charge is 0.243 e. The zero-order valence-electron chi connectivity index (χ0n) is 15.2. The Morgan fingerprint density at radius 3 is 2.88 bits per heavy atom. The minimum absolute atomic E-state index is 0.0770. The fraction of sp³-hybridized carbons (Fsp3) is 0.611. The Balaban J connectivity index is 1.42. The highest BCUT2D eigenvalue weighted by molar-refractivity contribution is 5.92. The number of nitrogens with two attached hydrogens (primary N) is 1. The Morgan fingerprint density at radius 1 is 1.31 bits per heavy atom. The average Bonchev–Trinajstić information content (AvgIpc) is 3.15. The molecule has 144 valence electrons. The van der Waals surface area contributed by atoms with Crippen LogP contribution < -0.4 is 16.5 Å². The van der Waals surface area contributed by atoms with Gasteiger partial charge in [0.05, 0.1) is 6.10 Å². The van der Waals surface area contributed by atoms with Gasteiger partial charge in [-0.05, 0) is 37.8 Å². The number of aliphatic imine (C=N–C) groups is 1. The Bertz CT molecular complexity index is 547. The van der Waals surface area contributed by atoms with E-state index in [-0.39, 0.29) is 12.0 Å². The van der Waals surface area contributed by atoms with Crippen LogP contribution in [0.25, 0.3) is 0 Å². The van der Waals surface area contributed by atoms with E-state index < -0.39 is 0 Å². The highest BCUT2D eigenvalue weighted by atomic mass is 16.7. The number of hydrogen-bond donors (Lipinski definition) is 3. The first-order valence-electron chi connectivity index (χ1n) is 9.23. The summed E-state index contributed by atoms with van der Waals surface area (Å²) in [6.07, 6.45) is 9.82. The molecular formula is C18H29N5O3. The molecule has 0 spiro atoms. The molecular weight excluding hydrogens is 334 g/mol. The number of nitrogens with one attached hydrogen (secondary N) is 2. The van der Waals surface area contributed by atoms with E-state index in [1.807, 2.05) is 12.1 Å². The summed E-state index contributed by atoms with van der Waals surface area (Å²) < 4.78 is 5.42. The van der Waals surface area contributed by atoms with Gasteiger partial charge >= 0.3 is 0 Å². The molecule has 4 N–H and O–H groups in total. The number of hydrogen-bond acceptors (Lipinski definition) is 5. The van der Waals surface area contributed by atoms with Crippen LogP contribution in [-0.4, -0.2) is 42.7 Å². The molecule has 2 rings (SSSR count). The first-order chi connectivity index (χ1) is 12.7. The second-order valence-corrected chi connectivity index (χ2v) is 6.26. The fourth-order valence-electron chi connectivity index (χ4n) is 2.62. The van der Waals surface area contributed by atoms with Crippen molar-refractivity contribution in [1.82, 2.24) is 10.5 Å². The second-order valence-electron chi connectivity index (χ2n) is 6.26. The molecule has 1 aromatic heterocycles. The summed E-state index contributed by atoms with van der Waals surface area (Å²) in [5.41, 5.74) is 9.17. The molecule has 8 heteroatoms. The van der Waals surface area contributed by atoms with Crippen molar-refractivity contribution in [3.8, 4) is 0 Å². The van der Waals surface area contributed by atoms with Crippen LogP contribution in [0.4, 0.5) is 5.69 Å². The summed E-state index contributed by atoms with van der Waals surface area (Å²) in [5.74, 6) is 0.325. The number of amides is 1. The maximum Gasteiger partial charge on any atom is 0.243 e. The van der Waals surface area contributed by atoms with Gasteiger partial charge in [-0.25, -0.2) is 5.48 Å². The molecule has 1 saturated heterocycles. The van der Waals surface area contributed by atoms with E-state index in [1.54, 1.807) is 12.4 Å². The first kappa shape index (κ1) is 20.1. The number of carbonyl (C=O) groups excluding carboxylic acids is 1. The van der Waals surface area contributed by atoms with Gasteiger partial charge in [0.25, 0.3) is 0 Å². The zero-order valence-corrected chi connectivity index (χ0v) is 15.2. The molecule has 0 saturated carbocycles. The maximum absolute atomic E-state index is 11.6. The van der Waals surface area contributed by atoms with Crippen LogP contribution in [0.5, 0.6) is 0 Å². The number of ether oxygens (including phenoxy) is 1. The lowest BCUT2D eigenvalue weighted by atomic mass is 10.1. The normalized spacial score (nSPS) is 17.2. The molecule has 0 radical (unpaired) electrons. The summed E-state index contributed by atoms with van der Waals surface area (Å²) in [6.45, 7) is 1.89. The molecule has 1 atom stereocenters. The average molecular weight is 363 g/mol.